The van der Waals surface area contributed by atoms with Gasteiger partial charge in [-0.3, -0.25) is 0 Å². The fourth-order valence-electron chi connectivity index (χ4n) is 5.08. The first-order valence-corrected chi connectivity index (χ1v) is 12.9. The van der Waals surface area contributed by atoms with E-state index < -0.39 is 43.7 Å². The molecule has 7 nitrogen and oxygen atoms in total. The van der Waals surface area contributed by atoms with Crippen LogP contribution in [0.5, 0.6) is 0 Å². The van der Waals surface area contributed by atoms with Gasteiger partial charge in [-0.15, -0.1) is 0 Å². The number of hydrogen-bond donors (Lipinski definition) is 0. The minimum atomic E-state index is -4.82. The van der Waals surface area contributed by atoms with E-state index in [4.69, 9.17) is 4.74 Å². The molecule has 0 unspecified atom stereocenters. The third-order valence-electron chi connectivity index (χ3n) is 6.73. The van der Waals surface area contributed by atoms with Crippen LogP contribution in [0.1, 0.15) is 55.8 Å². The van der Waals surface area contributed by atoms with Crippen molar-refractivity contribution in [3.05, 3.63) is 41.6 Å². The molecule has 2 fully saturated rings. The van der Waals surface area contributed by atoms with Crippen LogP contribution in [-0.2, 0) is 25.5 Å². The number of alkyl halides is 3. The third-order valence-corrected chi connectivity index (χ3v) is 8.92. The number of rotatable bonds is 5. The van der Waals surface area contributed by atoms with Gasteiger partial charge in [-0.05, 0) is 38.3 Å². The Morgan fingerprint density at radius 1 is 1.15 bits per heavy atom. The second-order valence-electron chi connectivity index (χ2n) is 8.97. The van der Waals surface area contributed by atoms with Crippen LogP contribution in [0.25, 0.3) is 0 Å². The summed E-state index contributed by atoms with van der Waals surface area (Å²) < 4.78 is 74.3. The summed E-state index contributed by atoms with van der Waals surface area (Å²) in [6.07, 6.45) is 0.0937. The third kappa shape index (κ3) is 4.54. The highest BCUT2D eigenvalue weighted by Gasteiger charge is 2.47. The smallest absolute Gasteiger partial charge is 0.417 e. The van der Waals surface area contributed by atoms with Crippen molar-refractivity contribution in [3.63, 3.8) is 0 Å². The lowest BCUT2D eigenvalue weighted by Crippen LogP contribution is -2.39. The molecule has 4 rings (SSSR count). The van der Waals surface area contributed by atoms with Crippen molar-refractivity contribution in [1.29, 1.82) is 0 Å². The Morgan fingerprint density at radius 3 is 2.47 bits per heavy atom. The minimum absolute atomic E-state index is 0.123. The maximum atomic E-state index is 13.6. The number of carbonyl (C=O) groups excluding carboxylic acids is 1. The second-order valence-corrected chi connectivity index (χ2v) is 11.2. The summed E-state index contributed by atoms with van der Waals surface area (Å²) in [6, 6.07) is 5.14. The minimum Gasteiger partial charge on any atom is -0.467 e. The number of ether oxygens (including phenoxy) is 1. The van der Waals surface area contributed by atoms with E-state index in [0.717, 1.165) is 56.0 Å². The molecule has 11 heteroatoms. The van der Waals surface area contributed by atoms with Gasteiger partial charge in [0.25, 0.3) is 0 Å². The zero-order valence-electron chi connectivity index (χ0n) is 19.1. The summed E-state index contributed by atoms with van der Waals surface area (Å²) in [4.78, 5) is 13.5. The molecule has 0 spiro atoms. The Kier molecular flexibility index (Phi) is 6.67. The van der Waals surface area contributed by atoms with Crippen molar-refractivity contribution in [2.45, 2.75) is 73.9 Å². The van der Waals surface area contributed by atoms with Crippen molar-refractivity contribution in [2.24, 2.45) is 0 Å². The predicted octanol–water partition coefficient (Wildman–Crippen LogP) is 4.31. The Bertz CT molecular complexity index is 1160. The van der Waals surface area contributed by atoms with E-state index in [9.17, 15) is 26.4 Å². The standard InChI is InChI=1S/C23H28F3N3O4S/c1-15-12-21(29(27-15)16-8-4-3-5-9-16)28-14-17(13-19(28)22(30)33-2)34(31,32)20-11-7-6-10-18(20)23(24,25)26/h6-7,10-12,16-17,19H,3-5,8-9,13-14H2,1-2H3/t17-,19+/m1/s1. The fourth-order valence-corrected chi connectivity index (χ4v) is 6.99. The number of methoxy groups -OCH3 is 1. The van der Waals surface area contributed by atoms with Gasteiger partial charge in [-0.25, -0.2) is 17.9 Å². The van der Waals surface area contributed by atoms with E-state index in [-0.39, 0.29) is 19.0 Å². The Morgan fingerprint density at radius 2 is 1.82 bits per heavy atom. The van der Waals surface area contributed by atoms with Crippen molar-refractivity contribution < 1.29 is 31.1 Å². The number of aromatic nitrogens is 2. The highest BCUT2D eigenvalue weighted by atomic mass is 32.2. The Labute approximate surface area is 196 Å². The lowest BCUT2D eigenvalue weighted by atomic mass is 9.96. The van der Waals surface area contributed by atoms with Crippen LogP contribution < -0.4 is 4.90 Å². The lowest BCUT2D eigenvalue weighted by molar-refractivity contribution is -0.142. The van der Waals surface area contributed by atoms with Crippen LogP contribution in [0.4, 0.5) is 19.0 Å². The van der Waals surface area contributed by atoms with Gasteiger partial charge in [0, 0.05) is 12.6 Å². The number of benzene rings is 1. The number of esters is 1. The number of anilines is 1. The van der Waals surface area contributed by atoms with Crippen LogP contribution in [0.2, 0.25) is 0 Å². The summed E-state index contributed by atoms with van der Waals surface area (Å²) in [5.41, 5.74) is -0.482. The molecule has 2 aromatic rings. The van der Waals surface area contributed by atoms with E-state index in [1.54, 1.807) is 11.0 Å². The van der Waals surface area contributed by atoms with Crippen LogP contribution >= 0.6 is 0 Å². The molecular formula is C23H28F3N3O4S. The van der Waals surface area contributed by atoms with E-state index in [0.29, 0.717) is 5.82 Å². The fraction of sp³-hybridized carbons (Fsp3) is 0.565. The second kappa shape index (κ2) is 9.24. The monoisotopic (exact) mass is 499 g/mol. The van der Waals surface area contributed by atoms with Gasteiger partial charge in [0.05, 0.1) is 34.6 Å². The Hall–Kier alpha value is -2.56. The zero-order chi connectivity index (χ0) is 24.7. The SMILES string of the molecule is COC(=O)[C@@H]1C[C@@H](S(=O)(=O)c2ccccc2C(F)(F)F)CN1c1cc(C)nn1C1CCCCC1. The van der Waals surface area contributed by atoms with Gasteiger partial charge in [-0.2, -0.15) is 18.3 Å². The molecule has 1 saturated heterocycles. The lowest BCUT2D eigenvalue weighted by Gasteiger charge is -2.30. The molecule has 0 amide bonds. The van der Waals surface area contributed by atoms with Gasteiger partial charge in [0.2, 0.25) is 0 Å². The first-order chi connectivity index (χ1) is 16.0. The molecule has 1 saturated carbocycles. The average Bonchev–Trinajstić information content (AvgIpc) is 3.43. The predicted molar refractivity (Wildman–Crippen MR) is 119 cm³/mol. The number of nitrogens with zero attached hydrogens (tertiary/aromatic N) is 3. The quantitative estimate of drug-likeness (QED) is 0.571. The van der Waals surface area contributed by atoms with Crippen LogP contribution in [-0.4, -0.2) is 49.1 Å². The van der Waals surface area contributed by atoms with Crippen molar-refractivity contribution in [2.75, 3.05) is 18.6 Å². The number of halogens is 3. The number of carbonyl (C=O) groups is 1. The summed E-state index contributed by atoms with van der Waals surface area (Å²) in [5.74, 6) is -0.0301. The molecule has 34 heavy (non-hydrogen) atoms. The number of aryl methyl sites for hydroxylation is 1. The summed E-state index contributed by atoms with van der Waals surface area (Å²) >= 11 is 0. The van der Waals surface area contributed by atoms with Crippen molar-refractivity contribution in [1.82, 2.24) is 9.78 Å². The molecule has 0 radical (unpaired) electrons. The van der Waals surface area contributed by atoms with Crippen molar-refractivity contribution >= 4 is 21.6 Å². The molecule has 186 valence electrons. The van der Waals surface area contributed by atoms with E-state index >= 15 is 0 Å². The van der Waals surface area contributed by atoms with E-state index in [1.165, 1.54) is 13.2 Å². The first-order valence-electron chi connectivity index (χ1n) is 11.3. The van der Waals surface area contributed by atoms with Gasteiger partial charge in [0.1, 0.15) is 11.9 Å². The number of hydrogen-bond acceptors (Lipinski definition) is 6. The van der Waals surface area contributed by atoms with Crippen LogP contribution in [0.3, 0.4) is 0 Å². The highest BCUT2D eigenvalue weighted by molar-refractivity contribution is 7.92. The summed E-state index contributed by atoms with van der Waals surface area (Å²) in [5, 5.41) is 3.40. The molecule has 2 aliphatic rings. The largest absolute Gasteiger partial charge is 0.467 e. The molecule has 1 aromatic carbocycles. The van der Waals surface area contributed by atoms with E-state index in [1.807, 2.05) is 11.6 Å². The number of sulfone groups is 1. The summed E-state index contributed by atoms with van der Waals surface area (Å²) in [6.45, 7) is 1.69. The van der Waals surface area contributed by atoms with Crippen LogP contribution in [0.15, 0.2) is 35.2 Å². The molecule has 0 N–H and O–H groups in total. The van der Waals surface area contributed by atoms with Gasteiger partial charge in [0.15, 0.2) is 9.84 Å². The van der Waals surface area contributed by atoms with Gasteiger partial charge < -0.3 is 9.64 Å². The van der Waals surface area contributed by atoms with E-state index in [2.05, 4.69) is 5.10 Å². The summed E-state index contributed by atoms with van der Waals surface area (Å²) in [7, 11) is -3.18. The van der Waals surface area contributed by atoms with Crippen molar-refractivity contribution in [3.8, 4) is 0 Å². The first kappa shape index (κ1) is 24.6. The molecule has 2 atom stereocenters. The molecule has 2 heterocycles. The van der Waals surface area contributed by atoms with Crippen LogP contribution in [0, 0.1) is 6.92 Å². The topological polar surface area (TPSA) is 81.5 Å². The normalized spacial score (nSPS) is 22.2. The maximum Gasteiger partial charge on any atom is 0.417 e. The molecule has 1 aliphatic heterocycles. The van der Waals surface area contributed by atoms with Gasteiger partial charge in [-0.1, -0.05) is 31.4 Å². The molecule has 0 bridgehead atoms. The molecular weight excluding hydrogens is 471 g/mol. The average molecular weight is 500 g/mol. The zero-order valence-corrected chi connectivity index (χ0v) is 19.9. The highest BCUT2D eigenvalue weighted by Crippen LogP contribution is 2.40. The molecule has 1 aliphatic carbocycles. The molecule has 1 aromatic heterocycles. The Balaban J connectivity index is 1.73. The maximum absolute atomic E-state index is 13.6. The van der Waals surface area contributed by atoms with Gasteiger partial charge >= 0.3 is 12.1 Å².